The van der Waals surface area contributed by atoms with Crippen LogP contribution in [0.4, 0.5) is 11.4 Å². The SMILES string of the molecule is COCC(=O)Nc1cccc(NCc2cncn2C)c1. The van der Waals surface area contributed by atoms with Crippen molar-refractivity contribution in [2.24, 2.45) is 7.05 Å². The minimum Gasteiger partial charge on any atom is -0.379 e. The Morgan fingerprint density at radius 1 is 1.40 bits per heavy atom. The number of benzene rings is 1. The third kappa shape index (κ3) is 3.83. The summed E-state index contributed by atoms with van der Waals surface area (Å²) in [5.41, 5.74) is 2.75. The first kappa shape index (κ1) is 14.1. The predicted octanol–water partition coefficient (Wildman–Crippen LogP) is 1.62. The van der Waals surface area contributed by atoms with Gasteiger partial charge in [0.2, 0.25) is 5.91 Å². The largest absolute Gasteiger partial charge is 0.379 e. The number of hydrogen-bond donors (Lipinski definition) is 2. The molecule has 0 saturated carbocycles. The van der Waals surface area contributed by atoms with Crippen LogP contribution in [0.5, 0.6) is 0 Å². The number of rotatable bonds is 6. The lowest BCUT2D eigenvalue weighted by molar-refractivity contribution is -0.119. The molecular weight excluding hydrogens is 256 g/mol. The van der Waals surface area contributed by atoms with E-state index in [1.54, 1.807) is 6.33 Å². The second kappa shape index (κ2) is 6.72. The molecule has 0 radical (unpaired) electrons. The molecule has 2 rings (SSSR count). The van der Waals surface area contributed by atoms with E-state index in [1.165, 1.54) is 7.11 Å². The van der Waals surface area contributed by atoms with Crippen LogP contribution in [0.15, 0.2) is 36.8 Å². The molecule has 0 unspecified atom stereocenters. The van der Waals surface area contributed by atoms with Crippen LogP contribution in [-0.2, 0) is 23.1 Å². The topological polar surface area (TPSA) is 68.2 Å². The van der Waals surface area contributed by atoms with E-state index in [-0.39, 0.29) is 12.5 Å². The summed E-state index contributed by atoms with van der Waals surface area (Å²) in [6.45, 7) is 0.721. The van der Waals surface area contributed by atoms with E-state index in [9.17, 15) is 4.79 Å². The highest BCUT2D eigenvalue weighted by atomic mass is 16.5. The van der Waals surface area contributed by atoms with Crippen molar-refractivity contribution in [1.29, 1.82) is 0 Å². The Balaban J connectivity index is 1.95. The standard InChI is InChI=1S/C14H18N4O2/c1-18-10-15-7-13(18)8-16-11-4-3-5-12(6-11)17-14(19)9-20-2/h3-7,10,16H,8-9H2,1-2H3,(H,17,19). The van der Waals surface area contributed by atoms with Gasteiger partial charge in [0.25, 0.3) is 0 Å². The summed E-state index contributed by atoms with van der Waals surface area (Å²) in [4.78, 5) is 15.5. The average molecular weight is 274 g/mol. The van der Waals surface area contributed by atoms with Crippen molar-refractivity contribution in [2.45, 2.75) is 6.54 Å². The van der Waals surface area contributed by atoms with Gasteiger partial charge in [-0.15, -0.1) is 0 Å². The molecular formula is C14H18N4O2. The number of carbonyl (C=O) groups is 1. The second-order valence-corrected chi connectivity index (χ2v) is 4.41. The van der Waals surface area contributed by atoms with Gasteiger partial charge in [-0.1, -0.05) is 6.07 Å². The van der Waals surface area contributed by atoms with Gasteiger partial charge in [0, 0.05) is 31.7 Å². The fourth-order valence-corrected chi connectivity index (χ4v) is 1.78. The summed E-state index contributed by atoms with van der Waals surface area (Å²) in [6, 6.07) is 7.54. The number of imidazole rings is 1. The highest BCUT2D eigenvalue weighted by Gasteiger charge is 2.03. The minimum atomic E-state index is -0.170. The molecule has 0 fully saturated rings. The molecule has 6 heteroatoms. The van der Waals surface area contributed by atoms with Crippen molar-refractivity contribution in [3.8, 4) is 0 Å². The molecule has 0 aliphatic rings. The number of amides is 1. The van der Waals surface area contributed by atoms with Crippen LogP contribution >= 0.6 is 0 Å². The zero-order valence-electron chi connectivity index (χ0n) is 11.6. The summed E-state index contributed by atoms with van der Waals surface area (Å²) in [6.07, 6.45) is 3.58. The summed E-state index contributed by atoms with van der Waals surface area (Å²) >= 11 is 0. The molecule has 0 bridgehead atoms. The maximum absolute atomic E-state index is 11.4. The van der Waals surface area contributed by atoms with Gasteiger partial charge in [0.05, 0.1) is 18.6 Å². The lowest BCUT2D eigenvalue weighted by Crippen LogP contribution is -2.17. The van der Waals surface area contributed by atoms with Crippen LogP contribution in [0.3, 0.4) is 0 Å². The van der Waals surface area contributed by atoms with Crippen molar-refractivity contribution >= 4 is 17.3 Å². The van der Waals surface area contributed by atoms with Gasteiger partial charge < -0.3 is 19.9 Å². The summed E-state index contributed by atoms with van der Waals surface area (Å²) in [5, 5.41) is 6.06. The van der Waals surface area contributed by atoms with Crippen molar-refractivity contribution in [3.05, 3.63) is 42.5 Å². The zero-order chi connectivity index (χ0) is 14.4. The molecule has 6 nitrogen and oxygen atoms in total. The molecule has 1 heterocycles. The lowest BCUT2D eigenvalue weighted by atomic mass is 10.2. The second-order valence-electron chi connectivity index (χ2n) is 4.41. The van der Waals surface area contributed by atoms with Crippen molar-refractivity contribution < 1.29 is 9.53 Å². The highest BCUT2D eigenvalue weighted by molar-refractivity contribution is 5.92. The first-order chi connectivity index (χ1) is 9.69. The number of hydrogen-bond acceptors (Lipinski definition) is 4. The van der Waals surface area contributed by atoms with Gasteiger partial charge in [-0.3, -0.25) is 4.79 Å². The van der Waals surface area contributed by atoms with E-state index in [1.807, 2.05) is 42.1 Å². The summed E-state index contributed by atoms with van der Waals surface area (Å²) in [5.74, 6) is -0.170. The predicted molar refractivity (Wildman–Crippen MR) is 77.5 cm³/mol. The van der Waals surface area contributed by atoms with Crippen molar-refractivity contribution in [3.63, 3.8) is 0 Å². The minimum absolute atomic E-state index is 0.0483. The Kier molecular flexibility index (Phi) is 4.73. The van der Waals surface area contributed by atoms with Gasteiger partial charge in [-0.25, -0.2) is 4.98 Å². The maximum atomic E-state index is 11.4. The molecule has 0 atom stereocenters. The fourth-order valence-electron chi connectivity index (χ4n) is 1.78. The number of methoxy groups -OCH3 is 1. The molecule has 20 heavy (non-hydrogen) atoms. The maximum Gasteiger partial charge on any atom is 0.250 e. The molecule has 0 spiro atoms. The van der Waals surface area contributed by atoms with E-state index in [2.05, 4.69) is 15.6 Å². The number of aryl methyl sites for hydroxylation is 1. The Hall–Kier alpha value is -2.34. The fraction of sp³-hybridized carbons (Fsp3) is 0.286. The van der Waals surface area contributed by atoms with Crippen molar-refractivity contribution in [2.75, 3.05) is 24.4 Å². The number of carbonyl (C=O) groups excluding carboxylic acids is 1. The molecule has 0 aliphatic carbocycles. The Bertz CT molecular complexity index is 580. The van der Waals surface area contributed by atoms with E-state index in [4.69, 9.17) is 4.74 Å². The van der Waals surface area contributed by atoms with Gasteiger partial charge in [-0.05, 0) is 18.2 Å². The number of nitrogens with zero attached hydrogens (tertiary/aromatic N) is 2. The average Bonchev–Trinajstić information content (AvgIpc) is 2.82. The third-order valence-corrected chi connectivity index (χ3v) is 2.81. The monoisotopic (exact) mass is 274 g/mol. The molecule has 2 N–H and O–H groups in total. The van der Waals surface area contributed by atoms with E-state index in [0.717, 1.165) is 17.1 Å². The number of ether oxygens (including phenoxy) is 1. The first-order valence-electron chi connectivity index (χ1n) is 6.27. The molecule has 1 aromatic heterocycles. The molecule has 0 saturated heterocycles. The number of nitrogens with one attached hydrogen (secondary N) is 2. The highest BCUT2D eigenvalue weighted by Crippen LogP contribution is 2.15. The third-order valence-electron chi connectivity index (χ3n) is 2.81. The smallest absolute Gasteiger partial charge is 0.250 e. The molecule has 106 valence electrons. The normalized spacial score (nSPS) is 10.3. The van der Waals surface area contributed by atoms with Crippen molar-refractivity contribution in [1.82, 2.24) is 9.55 Å². The van der Waals surface area contributed by atoms with E-state index < -0.39 is 0 Å². The molecule has 1 amide bonds. The van der Waals surface area contributed by atoms with Gasteiger partial charge in [0.1, 0.15) is 6.61 Å². The zero-order valence-corrected chi connectivity index (χ0v) is 11.6. The molecule has 0 aliphatic heterocycles. The molecule has 2 aromatic rings. The first-order valence-corrected chi connectivity index (χ1v) is 6.27. The molecule has 1 aromatic carbocycles. The van der Waals surface area contributed by atoms with Crippen LogP contribution < -0.4 is 10.6 Å². The Morgan fingerprint density at radius 3 is 2.90 bits per heavy atom. The summed E-state index contributed by atoms with van der Waals surface area (Å²) < 4.78 is 6.73. The number of aromatic nitrogens is 2. The van der Waals surface area contributed by atoms with Gasteiger partial charge >= 0.3 is 0 Å². The van der Waals surface area contributed by atoms with E-state index in [0.29, 0.717) is 6.54 Å². The van der Waals surface area contributed by atoms with Crippen LogP contribution in [0.2, 0.25) is 0 Å². The Labute approximate surface area is 117 Å². The summed E-state index contributed by atoms with van der Waals surface area (Å²) in [7, 11) is 3.44. The van der Waals surface area contributed by atoms with E-state index >= 15 is 0 Å². The van der Waals surface area contributed by atoms with Crippen LogP contribution in [0, 0.1) is 0 Å². The van der Waals surface area contributed by atoms with Crippen LogP contribution in [0.1, 0.15) is 5.69 Å². The van der Waals surface area contributed by atoms with Crippen LogP contribution in [-0.4, -0.2) is 29.2 Å². The van der Waals surface area contributed by atoms with Crippen LogP contribution in [0.25, 0.3) is 0 Å². The quantitative estimate of drug-likeness (QED) is 0.840. The van der Waals surface area contributed by atoms with Gasteiger partial charge in [-0.2, -0.15) is 0 Å². The Morgan fingerprint density at radius 2 is 2.20 bits per heavy atom. The van der Waals surface area contributed by atoms with Gasteiger partial charge in [0.15, 0.2) is 0 Å². The lowest BCUT2D eigenvalue weighted by Gasteiger charge is -2.09. The number of anilines is 2.